The lowest BCUT2D eigenvalue weighted by Crippen LogP contribution is -2.35. The number of aromatic nitrogens is 1. The first-order valence-corrected chi connectivity index (χ1v) is 12.7. The van der Waals surface area contributed by atoms with Crippen molar-refractivity contribution in [1.82, 2.24) is 9.88 Å². The van der Waals surface area contributed by atoms with Crippen LogP contribution in [0.5, 0.6) is 0 Å². The summed E-state index contributed by atoms with van der Waals surface area (Å²) >= 11 is 0. The summed E-state index contributed by atoms with van der Waals surface area (Å²) < 4.78 is 10.4. The van der Waals surface area contributed by atoms with Crippen LogP contribution < -0.4 is 10.6 Å². The molecular formula is C30H32N4O3. The Hall–Kier alpha value is -3.70. The van der Waals surface area contributed by atoms with Crippen molar-refractivity contribution >= 4 is 11.8 Å². The van der Waals surface area contributed by atoms with Gasteiger partial charge in [-0.2, -0.15) is 0 Å². The number of carbonyl (C=O) groups is 1. The Kier molecular flexibility index (Phi) is 7.81. The van der Waals surface area contributed by atoms with E-state index in [1.807, 2.05) is 24.3 Å². The number of morpholine rings is 1. The molecule has 0 amide bonds. The van der Waals surface area contributed by atoms with Crippen LogP contribution in [0.2, 0.25) is 0 Å². The standard InChI is InChI=1S/C30H32N4O3/c1-36-30(35)26-18-28(32-29(19-26)34-13-12-27(31)21-34)25-10-8-23(9-11-25)3-2-22-4-6-24(7-5-22)20-33-14-16-37-17-15-33/h4-11,18-19,27H,12-17,20-21,31H2,1H3/t27-/m1/s1. The van der Waals surface area contributed by atoms with E-state index >= 15 is 0 Å². The number of rotatable bonds is 5. The highest BCUT2D eigenvalue weighted by Gasteiger charge is 2.22. The van der Waals surface area contributed by atoms with E-state index in [1.54, 1.807) is 12.1 Å². The zero-order valence-corrected chi connectivity index (χ0v) is 21.2. The van der Waals surface area contributed by atoms with E-state index in [4.69, 9.17) is 20.2 Å². The average molecular weight is 497 g/mol. The summed E-state index contributed by atoms with van der Waals surface area (Å²) in [6.07, 6.45) is 0.906. The minimum Gasteiger partial charge on any atom is -0.465 e. The number of hydrogen-bond donors (Lipinski definition) is 1. The van der Waals surface area contributed by atoms with Crippen LogP contribution in [0.1, 0.15) is 33.5 Å². The van der Waals surface area contributed by atoms with Crippen LogP contribution in [0.3, 0.4) is 0 Å². The molecule has 0 unspecified atom stereocenters. The molecule has 7 nitrogen and oxygen atoms in total. The highest BCUT2D eigenvalue weighted by molar-refractivity contribution is 5.91. The molecule has 0 spiro atoms. The van der Waals surface area contributed by atoms with Crippen LogP contribution in [0.4, 0.5) is 5.82 Å². The third kappa shape index (κ3) is 6.36. The minimum absolute atomic E-state index is 0.117. The molecule has 2 saturated heterocycles. The molecule has 0 saturated carbocycles. The van der Waals surface area contributed by atoms with Gasteiger partial charge < -0.3 is 20.1 Å². The first-order chi connectivity index (χ1) is 18.1. The maximum atomic E-state index is 12.3. The van der Waals surface area contributed by atoms with Crippen molar-refractivity contribution in [1.29, 1.82) is 0 Å². The number of anilines is 1. The van der Waals surface area contributed by atoms with Crippen LogP contribution in [0.15, 0.2) is 60.7 Å². The van der Waals surface area contributed by atoms with Gasteiger partial charge in [0.25, 0.3) is 0 Å². The van der Waals surface area contributed by atoms with Crippen molar-refractivity contribution in [3.63, 3.8) is 0 Å². The summed E-state index contributed by atoms with van der Waals surface area (Å²) in [4.78, 5) is 21.7. The average Bonchev–Trinajstić information content (AvgIpc) is 3.39. The molecule has 190 valence electrons. The summed E-state index contributed by atoms with van der Waals surface area (Å²) in [5.74, 6) is 6.86. The highest BCUT2D eigenvalue weighted by atomic mass is 16.5. The van der Waals surface area contributed by atoms with Crippen LogP contribution in [-0.4, -0.2) is 68.4 Å². The molecule has 5 rings (SSSR count). The van der Waals surface area contributed by atoms with Gasteiger partial charge in [-0.3, -0.25) is 4.90 Å². The number of ether oxygens (including phenoxy) is 2. The fourth-order valence-electron chi connectivity index (χ4n) is 4.64. The number of benzene rings is 2. The summed E-state index contributed by atoms with van der Waals surface area (Å²) in [6, 6.07) is 20.0. The largest absolute Gasteiger partial charge is 0.465 e. The molecular weight excluding hydrogens is 464 g/mol. The molecule has 3 heterocycles. The van der Waals surface area contributed by atoms with E-state index in [-0.39, 0.29) is 12.0 Å². The number of hydrogen-bond acceptors (Lipinski definition) is 7. The van der Waals surface area contributed by atoms with Gasteiger partial charge in [-0.1, -0.05) is 36.1 Å². The highest BCUT2D eigenvalue weighted by Crippen LogP contribution is 2.26. The zero-order chi connectivity index (χ0) is 25.6. The number of carbonyl (C=O) groups excluding carboxylic acids is 1. The van der Waals surface area contributed by atoms with Gasteiger partial charge in [0, 0.05) is 55.5 Å². The summed E-state index contributed by atoms with van der Waals surface area (Å²) in [6.45, 7) is 6.06. The normalized spacial score (nSPS) is 17.8. The van der Waals surface area contributed by atoms with E-state index in [0.29, 0.717) is 11.3 Å². The van der Waals surface area contributed by atoms with E-state index < -0.39 is 0 Å². The number of methoxy groups -OCH3 is 1. The van der Waals surface area contributed by atoms with Crippen molar-refractivity contribution in [2.75, 3.05) is 51.4 Å². The molecule has 37 heavy (non-hydrogen) atoms. The Morgan fingerprint density at radius 3 is 2.32 bits per heavy atom. The number of pyridine rings is 1. The molecule has 0 bridgehead atoms. The Balaban J connectivity index is 1.30. The molecule has 2 aliphatic rings. The lowest BCUT2D eigenvalue weighted by Gasteiger charge is -2.26. The van der Waals surface area contributed by atoms with Crippen molar-refractivity contribution < 1.29 is 14.3 Å². The number of nitrogens with two attached hydrogens (primary N) is 1. The Morgan fingerprint density at radius 1 is 1.03 bits per heavy atom. The molecule has 2 aliphatic heterocycles. The summed E-state index contributed by atoms with van der Waals surface area (Å²) in [5.41, 5.74) is 11.4. The molecule has 2 aromatic carbocycles. The van der Waals surface area contributed by atoms with Gasteiger partial charge in [0.15, 0.2) is 0 Å². The van der Waals surface area contributed by atoms with E-state index in [9.17, 15) is 4.79 Å². The van der Waals surface area contributed by atoms with Crippen LogP contribution in [-0.2, 0) is 16.0 Å². The predicted octanol–water partition coefficient (Wildman–Crippen LogP) is 3.30. The third-order valence-corrected chi connectivity index (χ3v) is 6.78. The third-order valence-electron chi connectivity index (χ3n) is 6.78. The summed E-state index contributed by atoms with van der Waals surface area (Å²) in [5, 5.41) is 0. The maximum absolute atomic E-state index is 12.3. The number of nitrogens with zero attached hydrogens (tertiary/aromatic N) is 3. The maximum Gasteiger partial charge on any atom is 0.338 e. The van der Waals surface area contributed by atoms with Gasteiger partial charge in [-0.25, -0.2) is 9.78 Å². The Labute approximate surface area is 218 Å². The second-order valence-corrected chi connectivity index (χ2v) is 9.50. The monoisotopic (exact) mass is 496 g/mol. The van der Waals surface area contributed by atoms with Crippen molar-refractivity contribution in [3.05, 3.63) is 82.9 Å². The zero-order valence-electron chi connectivity index (χ0n) is 21.2. The fourth-order valence-corrected chi connectivity index (χ4v) is 4.64. The SMILES string of the molecule is COC(=O)c1cc(-c2ccc(C#Cc3ccc(CN4CCOCC4)cc3)cc2)nc(N2CC[C@@H](N)C2)c1. The molecule has 3 aromatic rings. The van der Waals surface area contributed by atoms with Crippen molar-refractivity contribution in [2.24, 2.45) is 5.73 Å². The first-order valence-electron chi connectivity index (χ1n) is 12.7. The van der Waals surface area contributed by atoms with Crippen LogP contribution in [0.25, 0.3) is 11.3 Å². The van der Waals surface area contributed by atoms with Gasteiger partial charge >= 0.3 is 5.97 Å². The quantitative estimate of drug-likeness (QED) is 0.429. The first kappa shape index (κ1) is 25.0. The van der Waals surface area contributed by atoms with Gasteiger partial charge in [0.1, 0.15) is 5.82 Å². The molecule has 2 N–H and O–H groups in total. The van der Waals surface area contributed by atoms with E-state index in [0.717, 1.165) is 74.9 Å². The Bertz CT molecular complexity index is 1290. The predicted molar refractivity (Wildman–Crippen MR) is 144 cm³/mol. The van der Waals surface area contributed by atoms with E-state index in [2.05, 4.69) is 45.9 Å². The van der Waals surface area contributed by atoms with Crippen molar-refractivity contribution in [2.45, 2.75) is 19.0 Å². The van der Waals surface area contributed by atoms with Crippen LogP contribution >= 0.6 is 0 Å². The topological polar surface area (TPSA) is 80.9 Å². The lowest BCUT2D eigenvalue weighted by atomic mass is 10.1. The Morgan fingerprint density at radius 2 is 1.70 bits per heavy atom. The lowest BCUT2D eigenvalue weighted by molar-refractivity contribution is 0.0342. The van der Waals surface area contributed by atoms with Gasteiger partial charge in [-0.15, -0.1) is 0 Å². The van der Waals surface area contributed by atoms with Crippen molar-refractivity contribution in [3.8, 4) is 23.1 Å². The van der Waals surface area contributed by atoms with Gasteiger partial charge in [0.05, 0.1) is 31.6 Å². The fraction of sp³-hybridized carbons (Fsp3) is 0.333. The van der Waals surface area contributed by atoms with Crippen LogP contribution in [0, 0.1) is 11.8 Å². The number of esters is 1. The second kappa shape index (κ2) is 11.6. The van der Waals surface area contributed by atoms with E-state index in [1.165, 1.54) is 12.7 Å². The second-order valence-electron chi connectivity index (χ2n) is 9.50. The molecule has 0 radical (unpaired) electrons. The minimum atomic E-state index is -0.383. The van der Waals surface area contributed by atoms with Gasteiger partial charge in [0.2, 0.25) is 0 Å². The molecule has 2 fully saturated rings. The molecule has 7 heteroatoms. The van der Waals surface area contributed by atoms with Gasteiger partial charge in [-0.05, 0) is 48.4 Å². The molecule has 0 aliphatic carbocycles. The summed E-state index contributed by atoms with van der Waals surface area (Å²) in [7, 11) is 1.39. The molecule has 1 aromatic heterocycles. The smallest absolute Gasteiger partial charge is 0.338 e. The molecule has 1 atom stereocenters.